The molecule has 0 bridgehead atoms. The van der Waals surface area contributed by atoms with Crippen LogP contribution in [-0.2, 0) is 4.79 Å². The molecule has 0 spiro atoms. The molecule has 2 rings (SSSR count). The first-order chi connectivity index (χ1) is 9.92. The van der Waals surface area contributed by atoms with E-state index in [1.807, 2.05) is 13.8 Å². The Morgan fingerprint density at radius 2 is 1.81 bits per heavy atom. The number of carboxylic acids is 1. The molecule has 0 radical (unpaired) electrons. The van der Waals surface area contributed by atoms with E-state index < -0.39 is 5.97 Å². The summed E-state index contributed by atoms with van der Waals surface area (Å²) in [6.45, 7) is 3.97. The minimum absolute atomic E-state index is 0.0248. The highest BCUT2D eigenvalue weighted by atomic mass is 79.9. The van der Waals surface area contributed by atoms with Crippen LogP contribution in [0.5, 0.6) is 11.5 Å². The van der Waals surface area contributed by atoms with Crippen molar-refractivity contribution < 1.29 is 19.4 Å². The van der Waals surface area contributed by atoms with Gasteiger partial charge in [-0.15, -0.1) is 0 Å². The molecule has 4 nitrogen and oxygen atoms in total. The molecule has 0 saturated heterocycles. The summed E-state index contributed by atoms with van der Waals surface area (Å²) >= 11 is 3.61. The number of ether oxygens (including phenoxy) is 2. The predicted molar refractivity (Wildman–Crippen MR) is 84.4 cm³/mol. The fourth-order valence-electron chi connectivity index (χ4n) is 3.05. The van der Waals surface area contributed by atoms with Crippen LogP contribution in [0.3, 0.4) is 0 Å². The van der Waals surface area contributed by atoms with Crippen LogP contribution in [0, 0.1) is 19.8 Å². The van der Waals surface area contributed by atoms with Gasteiger partial charge in [0.25, 0.3) is 0 Å². The fourth-order valence-corrected chi connectivity index (χ4v) is 3.44. The van der Waals surface area contributed by atoms with E-state index in [-0.39, 0.29) is 12.3 Å². The van der Waals surface area contributed by atoms with Crippen molar-refractivity contribution in [3.63, 3.8) is 0 Å². The Balaban J connectivity index is 2.64. The van der Waals surface area contributed by atoms with Gasteiger partial charge in [-0.25, -0.2) is 0 Å². The first-order valence-corrected chi connectivity index (χ1v) is 7.83. The smallest absolute Gasteiger partial charge is 0.303 e. The van der Waals surface area contributed by atoms with Crippen LogP contribution in [0.2, 0.25) is 0 Å². The maximum absolute atomic E-state index is 11.2. The summed E-state index contributed by atoms with van der Waals surface area (Å²) in [5.74, 6) is 0.982. The standard InChI is InChI=1S/C16H21BrO4/c1-8-13(11(7-12(18)19)10-5-6-10)16(21-4)15(20-3)9(2)14(8)17/h10-11H,5-7H2,1-4H3,(H,18,19). The van der Waals surface area contributed by atoms with Crippen LogP contribution in [0.1, 0.15) is 41.9 Å². The number of aliphatic carboxylic acids is 1. The normalized spacial score (nSPS) is 15.7. The second-order valence-electron chi connectivity index (χ2n) is 5.59. The van der Waals surface area contributed by atoms with E-state index >= 15 is 0 Å². The second kappa shape index (κ2) is 6.26. The quantitative estimate of drug-likeness (QED) is 0.835. The van der Waals surface area contributed by atoms with Crippen molar-refractivity contribution in [2.75, 3.05) is 14.2 Å². The molecule has 1 atom stereocenters. The molecule has 1 unspecified atom stereocenters. The van der Waals surface area contributed by atoms with Gasteiger partial charge < -0.3 is 14.6 Å². The molecule has 1 N–H and O–H groups in total. The lowest BCUT2D eigenvalue weighted by Crippen LogP contribution is -2.13. The van der Waals surface area contributed by atoms with Gasteiger partial charge in [0.2, 0.25) is 0 Å². The van der Waals surface area contributed by atoms with Gasteiger partial charge >= 0.3 is 5.97 Å². The van der Waals surface area contributed by atoms with Crippen molar-refractivity contribution in [3.05, 3.63) is 21.2 Å². The minimum Gasteiger partial charge on any atom is -0.493 e. The van der Waals surface area contributed by atoms with Gasteiger partial charge in [-0.3, -0.25) is 4.79 Å². The van der Waals surface area contributed by atoms with E-state index in [4.69, 9.17) is 9.47 Å². The van der Waals surface area contributed by atoms with E-state index in [1.165, 1.54) is 0 Å². The van der Waals surface area contributed by atoms with E-state index in [9.17, 15) is 9.90 Å². The molecule has 1 fully saturated rings. The number of halogens is 1. The molecule has 1 aromatic carbocycles. The Hall–Kier alpha value is -1.23. The number of carbonyl (C=O) groups is 1. The van der Waals surface area contributed by atoms with Gasteiger partial charge in [-0.2, -0.15) is 0 Å². The van der Waals surface area contributed by atoms with Gasteiger partial charge in [0.15, 0.2) is 11.5 Å². The van der Waals surface area contributed by atoms with E-state index in [1.54, 1.807) is 14.2 Å². The topological polar surface area (TPSA) is 55.8 Å². The molecule has 1 aromatic rings. The average molecular weight is 357 g/mol. The van der Waals surface area contributed by atoms with Crippen molar-refractivity contribution in [1.82, 2.24) is 0 Å². The lowest BCUT2D eigenvalue weighted by molar-refractivity contribution is -0.137. The average Bonchev–Trinajstić information content (AvgIpc) is 3.26. The predicted octanol–water partition coefficient (Wildman–Crippen LogP) is 4.05. The van der Waals surface area contributed by atoms with Crippen LogP contribution in [0.4, 0.5) is 0 Å². The minimum atomic E-state index is -0.774. The van der Waals surface area contributed by atoms with Crippen molar-refractivity contribution in [2.24, 2.45) is 5.92 Å². The highest BCUT2D eigenvalue weighted by Gasteiger charge is 2.38. The molecular weight excluding hydrogens is 336 g/mol. The number of benzene rings is 1. The van der Waals surface area contributed by atoms with Crippen LogP contribution in [0.25, 0.3) is 0 Å². The van der Waals surface area contributed by atoms with E-state index in [0.29, 0.717) is 17.4 Å². The molecule has 116 valence electrons. The zero-order valence-electron chi connectivity index (χ0n) is 12.8. The second-order valence-corrected chi connectivity index (χ2v) is 6.38. The van der Waals surface area contributed by atoms with Crippen molar-refractivity contribution >= 4 is 21.9 Å². The fraction of sp³-hybridized carbons (Fsp3) is 0.562. The molecule has 1 saturated carbocycles. The first-order valence-electron chi connectivity index (χ1n) is 7.04. The number of methoxy groups -OCH3 is 2. The third kappa shape index (κ3) is 3.03. The van der Waals surface area contributed by atoms with Gasteiger partial charge in [0, 0.05) is 21.5 Å². The highest BCUT2D eigenvalue weighted by molar-refractivity contribution is 9.10. The zero-order chi connectivity index (χ0) is 15.7. The summed E-state index contributed by atoms with van der Waals surface area (Å²) in [6.07, 6.45) is 2.28. The molecule has 0 heterocycles. The summed E-state index contributed by atoms with van der Waals surface area (Å²) in [5, 5.41) is 9.24. The van der Waals surface area contributed by atoms with Crippen molar-refractivity contribution in [3.8, 4) is 11.5 Å². The molecule has 21 heavy (non-hydrogen) atoms. The van der Waals surface area contributed by atoms with E-state index in [2.05, 4.69) is 15.9 Å². The first kappa shape index (κ1) is 16.1. The molecule has 0 aromatic heterocycles. The molecule has 1 aliphatic carbocycles. The number of rotatable bonds is 6. The molecule has 5 heteroatoms. The lowest BCUT2D eigenvalue weighted by Gasteiger charge is -2.25. The maximum atomic E-state index is 11.2. The molecule has 0 aliphatic heterocycles. The van der Waals surface area contributed by atoms with Crippen molar-refractivity contribution in [2.45, 2.75) is 39.0 Å². The van der Waals surface area contributed by atoms with Gasteiger partial charge in [-0.1, -0.05) is 15.9 Å². The maximum Gasteiger partial charge on any atom is 0.303 e. The Bertz CT molecular complexity index is 564. The van der Waals surface area contributed by atoms with Crippen LogP contribution in [-0.4, -0.2) is 25.3 Å². The Morgan fingerprint density at radius 3 is 2.24 bits per heavy atom. The van der Waals surface area contributed by atoms with Crippen LogP contribution in [0.15, 0.2) is 4.47 Å². The third-order valence-corrected chi connectivity index (χ3v) is 5.41. The Labute approximate surface area is 133 Å². The summed E-state index contributed by atoms with van der Waals surface area (Å²) in [4.78, 5) is 11.2. The third-order valence-electron chi connectivity index (χ3n) is 4.22. The van der Waals surface area contributed by atoms with E-state index in [0.717, 1.165) is 34.0 Å². The molecular formula is C16H21BrO4. The lowest BCUT2D eigenvalue weighted by atomic mass is 9.86. The molecule has 0 amide bonds. The van der Waals surface area contributed by atoms with Crippen LogP contribution < -0.4 is 9.47 Å². The summed E-state index contributed by atoms with van der Waals surface area (Å²) in [6, 6.07) is 0. The number of hydrogen-bond acceptors (Lipinski definition) is 3. The van der Waals surface area contributed by atoms with Crippen LogP contribution >= 0.6 is 15.9 Å². The Kier molecular flexibility index (Phi) is 4.81. The zero-order valence-corrected chi connectivity index (χ0v) is 14.4. The Morgan fingerprint density at radius 1 is 1.24 bits per heavy atom. The number of carboxylic acid groups (broad SMARTS) is 1. The van der Waals surface area contributed by atoms with Gasteiger partial charge in [0.05, 0.1) is 20.6 Å². The molecule has 1 aliphatic rings. The van der Waals surface area contributed by atoms with Gasteiger partial charge in [-0.05, 0) is 38.2 Å². The summed E-state index contributed by atoms with van der Waals surface area (Å²) < 4.78 is 12.0. The van der Waals surface area contributed by atoms with Gasteiger partial charge in [0.1, 0.15) is 0 Å². The highest BCUT2D eigenvalue weighted by Crippen LogP contribution is 2.52. The number of hydrogen-bond donors (Lipinski definition) is 1. The van der Waals surface area contributed by atoms with Crippen molar-refractivity contribution in [1.29, 1.82) is 0 Å². The summed E-state index contributed by atoms with van der Waals surface area (Å²) in [5.41, 5.74) is 2.99. The monoisotopic (exact) mass is 356 g/mol. The summed E-state index contributed by atoms with van der Waals surface area (Å²) in [7, 11) is 3.22. The SMILES string of the molecule is COc1c(C)c(Br)c(C)c(C(CC(=O)O)C2CC2)c1OC. The largest absolute Gasteiger partial charge is 0.493 e.